The molecule has 6 nitrogen and oxygen atoms in total. The fourth-order valence-electron chi connectivity index (χ4n) is 2.46. The molecule has 3 rings (SSSR count). The number of hydrogen-bond donors (Lipinski definition) is 1. The van der Waals surface area contributed by atoms with Gasteiger partial charge in [0.2, 0.25) is 0 Å². The van der Waals surface area contributed by atoms with Crippen LogP contribution in [0.1, 0.15) is 17.4 Å². The smallest absolute Gasteiger partial charge is 0.280 e. The van der Waals surface area contributed by atoms with Crippen LogP contribution < -0.4 is 14.8 Å². The van der Waals surface area contributed by atoms with Crippen molar-refractivity contribution in [2.24, 2.45) is 0 Å². The molecule has 27 heavy (non-hydrogen) atoms. The van der Waals surface area contributed by atoms with Crippen molar-refractivity contribution in [1.82, 2.24) is 9.78 Å². The first kappa shape index (κ1) is 18.7. The summed E-state index contributed by atoms with van der Waals surface area (Å²) in [5.41, 5.74) is 1.09. The van der Waals surface area contributed by atoms with Gasteiger partial charge in [0.1, 0.15) is 11.6 Å². The molecule has 0 saturated carbocycles. The predicted octanol–water partition coefficient (Wildman–Crippen LogP) is 4.32. The lowest BCUT2D eigenvalue weighted by molar-refractivity contribution is 0.101. The van der Waals surface area contributed by atoms with Crippen LogP contribution in [-0.4, -0.2) is 29.4 Å². The van der Waals surface area contributed by atoms with Crippen molar-refractivity contribution in [3.05, 3.63) is 65.2 Å². The molecular formula is C19H17ClFN3O3. The van der Waals surface area contributed by atoms with Gasteiger partial charge in [-0.15, -0.1) is 0 Å². The van der Waals surface area contributed by atoms with Gasteiger partial charge in [-0.1, -0.05) is 11.6 Å². The monoisotopic (exact) mass is 389 g/mol. The van der Waals surface area contributed by atoms with Crippen LogP contribution in [0, 0.1) is 5.82 Å². The van der Waals surface area contributed by atoms with Gasteiger partial charge in [-0.25, -0.2) is 9.07 Å². The Kier molecular flexibility index (Phi) is 5.61. The van der Waals surface area contributed by atoms with E-state index in [-0.39, 0.29) is 11.5 Å². The van der Waals surface area contributed by atoms with Crippen molar-refractivity contribution >= 4 is 23.2 Å². The van der Waals surface area contributed by atoms with E-state index in [9.17, 15) is 9.18 Å². The maximum absolute atomic E-state index is 13.1. The van der Waals surface area contributed by atoms with Gasteiger partial charge in [0.25, 0.3) is 5.91 Å². The number of methoxy groups -OCH3 is 1. The zero-order chi connectivity index (χ0) is 19.4. The second-order valence-corrected chi connectivity index (χ2v) is 5.93. The molecule has 3 aromatic rings. The molecular weight excluding hydrogens is 373 g/mol. The van der Waals surface area contributed by atoms with Crippen LogP contribution >= 0.6 is 11.6 Å². The maximum Gasteiger partial charge on any atom is 0.280 e. The van der Waals surface area contributed by atoms with Crippen LogP contribution in [-0.2, 0) is 0 Å². The van der Waals surface area contributed by atoms with Gasteiger partial charge in [0, 0.05) is 5.02 Å². The summed E-state index contributed by atoms with van der Waals surface area (Å²) in [5.74, 6) is -0.0779. The Morgan fingerprint density at radius 2 is 1.96 bits per heavy atom. The summed E-state index contributed by atoms with van der Waals surface area (Å²) in [4.78, 5) is 12.8. The zero-order valence-corrected chi connectivity index (χ0v) is 15.5. The maximum atomic E-state index is 13.1. The van der Waals surface area contributed by atoms with Crippen LogP contribution in [0.3, 0.4) is 0 Å². The number of aromatic nitrogens is 2. The van der Waals surface area contributed by atoms with Crippen molar-refractivity contribution in [3.8, 4) is 17.2 Å². The van der Waals surface area contributed by atoms with Crippen LogP contribution in [0.4, 0.5) is 10.1 Å². The normalized spacial score (nSPS) is 10.5. The molecule has 0 saturated heterocycles. The summed E-state index contributed by atoms with van der Waals surface area (Å²) >= 11 is 6.00. The van der Waals surface area contributed by atoms with Crippen LogP contribution in [0.5, 0.6) is 11.5 Å². The Morgan fingerprint density at radius 3 is 2.63 bits per heavy atom. The van der Waals surface area contributed by atoms with Gasteiger partial charge in [-0.05, 0) is 49.4 Å². The van der Waals surface area contributed by atoms with Gasteiger partial charge in [-0.2, -0.15) is 5.10 Å². The Bertz CT molecular complexity index is 957. The fraction of sp³-hybridized carbons (Fsp3) is 0.158. The zero-order valence-electron chi connectivity index (χ0n) is 14.7. The third kappa shape index (κ3) is 4.20. The molecule has 2 aromatic carbocycles. The summed E-state index contributed by atoms with van der Waals surface area (Å²) in [7, 11) is 1.49. The van der Waals surface area contributed by atoms with E-state index in [1.807, 2.05) is 0 Å². The highest BCUT2D eigenvalue weighted by Gasteiger charge is 2.20. The molecule has 0 fully saturated rings. The van der Waals surface area contributed by atoms with Crippen LogP contribution in [0.2, 0.25) is 5.02 Å². The molecule has 140 valence electrons. The molecule has 0 radical (unpaired) electrons. The molecule has 1 aromatic heterocycles. The van der Waals surface area contributed by atoms with Crippen LogP contribution in [0.25, 0.3) is 5.69 Å². The number of anilines is 1. The average molecular weight is 390 g/mol. The number of rotatable bonds is 6. The Morgan fingerprint density at radius 1 is 1.22 bits per heavy atom. The van der Waals surface area contributed by atoms with Gasteiger partial charge < -0.3 is 14.8 Å². The number of amides is 1. The molecule has 0 aliphatic carbocycles. The van der Waals surface area contributed by atoms with E-state index in [0.717, 1.165) is 0 Å². The van der Waals surface area contributed by atoms with Gasteiger partial charge >= 0.3 is 0 Å². The summed E-state index contributed by atoms with van der Waals surface area (Å²) in [6.07, 6.45) is 1.57. The minimum atomic E-state index is -0.486. The molecule has 0 aliphatic heterocycles. The van der Waals surface area contributed by atoms with E-state index in [0.29, 0.717) is 34.5 Å². The number of nitrogens with zero attached hydrogens (tertiary/aromatic N) is 2. The number of nitrogens with one attached hydrogen (secondary N) is 1. The van der Waals surface area contributed by atoms with E-state index in [4.69, 9.17) is 21.1 Å². The van der Waals surface area contributed by atoms with Crippen molar-refractivity contribution < 1.29 is 18.7 Å². The SMILES string of the molecule is CCOc1cn(-c2ccc(F)cc2)nc1C(=O)Nc1cc(Cl)ccc1OC. The standard InChI is InChI=1S/C19H17ClFN3O3/c1-3-27-17-11-24(14-7-5-13(21)6-8-14)23-18(17)19(25)22-15-10-12(20)4-9-16(15)26-2/h4-11H,3H2,1-2H3,(H,22,25). The highest BCUT2D eigenvalue weighted by atomic mass is 35.5. The van der Waals surface area contributed by atoms with Crippen molar-refractivity contribution in [2.75, 3.05) is 19.0 Å². The minimum absolute atomic E-state index is 0.0863. The lowest BCUT2D eigenvalue weighted by atomic mass is 10.2. The van der Waals surface area contributed by atoms with E-state index >= 15 is 0 Å². The molecule has 1 amide bonds. The summed E-state index contributed by atoms with van der Waals surface area (Å²) in [5, 5.41) is 7.47. The number of carbonyl (C=O) groups excluding carboxylic acids is 1. The molecule has 1 heterocycles. The second-order valence-electron chi connectivity index (χ2n) is 5.49. The van der Waals surface area contributed by atoms with Crippen molar-refractivity contribution in [2.45, 2.75) is 6.92 Å². The van der Waals surface area contributed by atoms with Crippen LogP contribution in [0.15, 0.2) is 48.7 Å². The second kappa shape index (κ2) is 8.09. The lowest BCUT2D eigenvalue weighted by Crippen LogP contribution is -2.15. The molecule has 0 aliphatic rings. The average Bonchev–Trinajstić information content (AvgIpc) is 3.07. The molecule has 0 spiro atoms. The third-order valence-corrected chi connectivity index (χ3v) is 3.93. The Labute approximate surface area is 160 Å². The first-order valence-electron chi connectivity index (χ1n) is 8.15. The molecule has 1 N–H and O–H groups in total. The van der Waals surface area contributed by atoms with Crippen molar-refractivity contribution in [1.29, 1.82) is 0 Å². The first-order valence-corrected chi connectivity index (χ1v) is 8.53. The number of ether oxygens (including phenoxy) is 2. The van der Waals surface area contributed by atoms with E-state index in [2.05, 4.69) is 10.4 Å². The Hall–Kier alpha value is -3.06. The summed E-state index contributed by atoms with van der Waals surface area (Å²) in [6, 6.07) is 10.6. The molecule has 0 bridgehead atoms. The molecule has 0 atom stereocenters. The lowest BCUT2D eigenvalue weighted by Gasteiger charge is -2.10. The number of benzene rings is 2. The summed E-state index contributed by atoms with van der Waals surface area (Å²) < 4.78 is 25.4. The van der Waals surface area contributed by atoms with Gasteiger partial charge in [0.05, 0.1) is 31.3 Å². The summed E-state index contributed by atoms with van der Waals surface area (Å²) in [6.45, 7) is 2.16. The highest BCUT2D eigenvalue weighted by Crippen LogP contribution is 2.29. The van der Waals surface area contributed by atoms with E-state index < -0.39 is 5.91 Å². The molecule has 0 unspecified atom stereocenters. The fourth-order valence-corrected chi connectivity index (χ4v) is 2.63. The topological polar surface area (TPSA) is 65.4 Å². The minimum Gasteiger partial charge on any atom is -0.495 e. The van der Waals surface area contributed by atoms with E-state index in [1.54, 1.807) is 43.5 Å². The third-order valence-electron chi connectivity index (χ3n) is 3.70. The van der Waals surface area contributed by atoms with Crippen molar-refractivity contribution in [3.63, 3.8) is 0 Å². The van der Waals surface area contributed by atoms with Gasteiger partial charge in [-0.3, -0.25) is 4.79 Å². The van der Waals surface area contributed by atoms with E-state index in [1.165, 1.54) is 23.9 Å². The first-order chi connectivity index (χ1) is 13.0. The quantitative estimate of drug-likeness (QED) is 0.681. The largest absolute Gasteiger partial charge is 0.495 e. The number of halogens is 2. The molecule has 8 heteroatoms. The predicted molar refractivity (Wildman–Crippen MR) is 101 cm³/mol. The number of hydrogen-bond acceptors (Lipinski definition) is 4. The van der Waals surface area contributed by atoms with Gasteiger partial charge in [0.15, 0.2) is 11.4 Å². The highest BCUT2D eigenvalue weighted by molar-refractivity contribution is 6.31. The Balaban J connectivity index is 1.94. The number of carbonyl (C=O) groups is 1.